The van der Waals surface area contributed by atoms with E-state index < -0.39 is 58.0 Å². The smallest absolute Gasteiger partial charge is 0.375 e. The second-order valence-corrected chi connectivity index (χ2v) is 27.8. The summed E-state index contributed by atoms with van der Waals surface area (Å²) >= 11 is 0. The Morgan fingerprint density at radius 1 is 0.625 bits per heavy atom. The summed E-state index contributed by atoms with van der Waals surface area (Å²) in [6.45, 7) is 8.96. The van der Waals surface area contributed by atoms with Gasteiger partial charge >= 0.3 is 16.0 Å². The zero-order valence-corrected chi connectivity index (χ0v) is 52.4. The summed E-state index contributed by atoms with van der Waals surface area (Å²) in [6, 6.07) is 45.9. The molecule has 0 radical (unpaired) electrons. The van der Waals surface area contributed by atoms with Crippen LogP contribution in [0.15, 0.2) is 173 Å². The lowest BCUT2D eigenvalue weighted by atomic mass is 9.82. The summed E-state index contributed by atoms with van der Waals surface area (Å²) in [7, 11) is -15.9. The number of aromatic nitrogens is 2. The molecule has 0 atom stereocenters. The van der Waals surface area contributed by atoms with Crippen LogP contribution in [0.2, 0.25) is 0 Å². The molecule has 2 aliphatic heterocycles. The average Bonchev–Trinajstić information content (AvgIpc) is 1.75. The minimum Gasteiger partial charge on any atom is -0.748 e. The Bertz CT molecular complexity index is 4460. The largest absolute Gasteiger partial charge is 0.748 e. The highest BCUT2D eigenvalue weighted by molar-refractivity contribution is 7.86. The fraction of sp³-hybridized carbons (Fsp3) is 0.281. The summed E-state index contributed by atoms with van der Waals surface area (Å²) in [5, 5.41) is 0.924. The topological polar surface area (TPSA) is 278 Å². The van der Waals surface area contributed by atoms with E-state index in [1.807, 2.05) is 145 Å². The van der Waals surface area contributed by atoms with E-state index in [1.165, 1.54) is 9.47 Å². The van der Waals surface area contributed by atoms with Gasteiger partial charge in [-0.1, -0.05) is 107 Å². The van der Waals surface area contributed by atoms with Gasteiger partial charge < -0.3 is 32.6 Å². The van der Waals surface area contributed by atoms with Crippen LogP contribution in [0.4, 0.5) is 11.4 Å². The molecule has 4 heterocycles. The monoisotopic (exact) mass is 1280 g/mol. The highest BCUT2D eigenvalue weighted by atomic mass is 32.2. The van der Waals surface area contributed by atoms with Gasteiger partial charge in [0.1, 0.15) is 28.3 Å². The molecule has 464 valence electrons. The average molecular weight is 1280 g/mol. The van der Waals surface area contributed by atoms with Gasteiger partial charge in [0.2, 0.25) is 28.6 Å². The molecule has 0 amide bonds. The predicted molar refractivity (Wildman–Crippen MR) is 335 cm³/mol. The molecule has 0 spiro atoms. The lowest BCUT2D eigenvalue weighted by molar-refractivity contribution is -0.673. The number of benzene rings is 6. The van der Waals surface area contributed by atoms with E-state index >= 15 is 0 Å². The summed E-state index contributed by atoms with van der Waals surface area (Å²) < 4.78 is 162. The van der Waals surface area contributed by atoms with E-state index in [9.17, 15) is 51.9 Å². The van der Waals surface area contributed by atoms with Crippen molar-refractivity contribution in [1.82, 2.24) is 0 Å². The van der Waals surface area contributed by atoms with Crippen molar-refractivity contribution in [1.29, 1.82) is 0 Å². The lowest BCUT2D eigenvalue weighted by Crippen LogP contribution is -2.39. The highest BCUT2D eigenvalue weighted by Crippen LogP contribution is 2.44. The zero-order chi connectivity index (χ0) is 63.2. The third-order valence-corrected chi connectivity index (χ3v) is 18.0. The van der Waals surface area contributed by atoms with E-state index in [1.54, 1.807) is 37.5 Å². The minimum atomic E-state index is -4.69. The number of methoxy groups -OCH3 is 1. The molecule has 0 bridgehead atoms. The molecule has 0 saturated carbocycles. The third-order valence-electron chi connectivity index (χ3n) is 15.3. The molecule has 8 aromatic rings. The van der Waals surface area contributed by atoms with E-state index in [0.717, 1.165) is 56.5 Å². The first kappa shape index (κ1) is 64.5. The number of unbranched alkanes of at least 4 members (excludes halogenated alkanes) is 2. The van der Waals surface area contributed by atoms with Crippen LogP contribution in [-0.4, -0.2) is 82.9 Å². The van der Waals surface area contributed by atoms with Crippen molar-refractivity contribution >= 4 is 86.0 Å². The summed E-state index contributed by atoms with van der Waals surface area (Å²) in [6.07, 6.45) is 7.80. The molecule has 2 aliphatic rings. The van der Waals surface area contributed by atoms with Crippen LogP contribution in [-0.2, 0) is 58.3 Å². The molecule has 88 heavy (non-hydrogen) atoms. The first-order valence-electron chi connectivity index (χ1n) is 28.4. The maximum atomic E-state index is 12.1. The van der Waals surface area contributed by atoms with Crippen molar-refractivity contribution in [3.05, 3.63) is 186 Å². The number of hydrogen-bond donors (Lipinski definition) is 2. The predicted octanol–water partition coefficient (Wildman–Crippen LogP) is 11.0. The van der Waals surface area contributed by atoms with E-state index in [2.05, 4.69) is 25.3 Å². The molecule has 0 aliphatic carbocycles. The molecule has 2 N–H and O–H groups in total. The number of ether oxygens (including phenoxy) is 3. The van der Waals surface area contributed by atoms with Crippen molar-refractivity contribution in [2.75, 3.05) is 40.8 Å². The van der Waals surface area contributed by atoms with Gasteiger partial charge in [-0.25, -0.2) is 16.8 Å². The Morgan fingerprint density at radius 2 is 1.26 bits per heavy atom. The van der Waals surface area contributed by atoms with Crippen LogP contribution in [0.1, 0.15) is 83.4 Å². The third kappa shape index (κ3) is 16.4. The van der Waals surface area contributed by atoms with Crippen LogP contribution in [0.25, 0.3) is 56.4 Å². The van der Waals surface area contributed by atoms with Gasteiger partial charge in [-0.15, -0.1) is 4.57 Å². The van der Waals surface area contributed by atoms with E-state index in [4.69, 9.17) is 18.6 Å². The number of anilines is 2. The first-order valence-corrected chi connectivity index (χ1v) is 34.7. The molecular weight excluding hydrogens is 1210 g/mol. The van der Waals surface area contributed by atoms with Crippen molar-refractivity contribution in [2.45, 2.75) is 84.1 Å². The maximum absolute atomic E-state index is 12.1. The molecule has 2 aromatic heterocycles. The SMILES string of the molecule is CCC(=Cc1oc2ccc(-c3ccccc3)cc2[n+]1CS(=O)(=O)O)C=C1Oc2ccc(C(C)(C)CC)cc2N1CS(=O)(=O)[O-].COc1ccc2c(ccc(/C=C3\Oc4ccc(-c5ccccc5)cc4N3CCCCS(=O)(=O)O)[n+]2CCCCS(=O)(=O)[O-])c1. The Kier molecular flexibility index (Phi) is 19.7. The van der Waals surface area contributed by atoms with Gasteiger partial charge in [0, 0.05) is 43.0 Å². The van der Waals surface area contributed by atoms with Crippen molar-refractivity contribution in [3.63, 3.8) is 0 Å². The van der Waals surface area contributed by atoms with Crippen LogP contribution < -0.4 is 33.1 Å². The van der Waals surface area contributed by atoms with Crippen LogP contribution >= 0.6 is 0 Å². The summed E-state index contributed by atoms with van der Waals surface area (Å²) in [4.78, 5) is 3.33. The Morgan fingerprint density at radius 3 is 1.89 bits per heavy atom. The lowest BCUT2D eigenvalue weighted by Gasteiger charge is -2.25. The number of pyridine rings is 1. The van der Waals surface area contributed by atoms with Crippen LogP contribution in [0, 0.1) is 0 Å². The second-order valence-electron chi connectivity index (χ2n) is 21.9. The molecule has 0 unspecified atom stereocenters. The molecule has 0 fully saturated rings. The number of nitrogens with zero attached hydrogens (tertiary/aromatic N) is 4. The van der Waals surface area contributed by atoms with E-state index in [0.29, 0.717) is 77.8 Å². The van der Waals surface area contributed by atoms with Crippen molar-refractivity contribution < 1.29 is 79.6 Å². The molecule has 10 rings (SSSR count). The number of rotatable bonds is 23. The number of fused-ring (bicyclic) bond motifs is 4. The highest BCUT2D eigenvalue weighted by Gasteiger charge is 2.33. The number of oxazole rings is 1. The van der Waals surface area contributed by atoms with Crippen molar-refractivity contribution in [3.8, 4) is 39.5 Å². The molecular formula is C64H68N4O16S4. The normalized spacial score (nSPS) is 14.7. The van der Waals surface area contributed by atoms with Gasteiger partial charge in [0.25, 0.3) is 21.5 Å². The Labute approximate surface area is 513 Å². The summed E-state index contributed by atoms with van der Waals surface area (Å²) in [5.41, 5.74) is 8.98. The Balaban J connectivity index is 0.000000209. The van der Waals surface area contributed by atoms with Gasteiger partial charge in [0.05, 0.1) is 51.9 Å². The molecule has 20 nitrogen and oxygen atoms in total. The fourth-order valence-corrected chi connectivity index (χ4v) is 12.6. The van der Waals surface area contributed by atoms with Gasteiger partial charge in [0.15, 0.2) is 11.5 Å². The number of aryl methyl sites for hydroxylation is 1. The van der Waals surface area contributed by atoms with E-state index in [-0.39, 0.29) is 35.8 Å². The summed E-state index contributed by atoms with van der Waals surface area (Å²) in [5.74, 6) is 0.226. The van der Waals surface area contributed by atoms with Gasteiger partial charge in [-0.3, -0.25) is 14.0 Å². The molecule has 0 saturated heterocycles. The minimum absolute atomic E-state index is 0.128. The first-order chi connectivity index (χ1) is 41.7. The fourth-order valence-electron chi connectivity index (χ4n) is 10.3. The number of allylic oxidation sites excluding steroid dienone is 2. The van der Waals surface area contributed by atoms with Crippen LogP contribution in [0.5, 0.6) is 17.2 Å². The quantitative estimate of drug-likeness (QED) is 0.0342. The van der Waals surface area contributed by atoms with Gasteiger partial charge in [-0.05, 0) is 119 Å². The standard InChI is InChI=1S/2C32H34N2O8S2/c1-5-22(17-31-34(21-44(38,39)40)27-19-25(32(3,4)6-2)13-15-29(27)42-31)16-30-33(20-43(35,36)37)26-18-24(12-14-28(26)41-30)23-10-8-7-9-11-23;1-41-28-14-15-29-26(21-28)11-13-27(33(29)17-5-7-19-43(35,36)37)23-32-34(18-6-8-20-44(38,39)40)30-22-25(12-16-31(30)42-32)24-9-3-2-4-10-24/h7-19H,5-6,20-21H2,1-4H3,(H-,35,36,37,38,39,40);2-4,9-16,21-23H,5-8,17-20H2,1H3,(H-,35,36,37,38,39,40). The molecule has 24 heteroatoms. The van der Waals surface area contributed by atoms with Gasteiger partial charge in [-0.2, -0.15) is 21.4 Å². The Hall–Kier alpha value is -7.94. The van der Waals surface area contributed by atoms with Crippen molar-refractivity contribution in [2.24, 2.45) is 0 Å². The molecule has 6 aromatic carbocycles. The zero-order valence-electron chi connectivity index (χ0n) is 49.1. The second kappa shape index (κ2) is 26.8. The maximum Gasteiger partial charge on any atom is 0.375 e. The van der Waals surface area contributed by atoms with Crippen LogP contribution in [0.3, 0.4) is 0 Å². The number of hydrogen-bond acceptors (Lipinski definition) is 16.